The molecule has 9 heteroatoms. The van der Waals surface area contributed by atoms with Gasteiger partial charge in [-0.3, -0.25) is 14.6 Å². The highest BCUT2D eigenvalue weighted by Crippen LogP contribution is 2.33. The van der Waals surface area contributed by atoms with E-state index < -0.39 is 0 Å². The number of anilines is 1. The summed E-state index contributed by atoms with van der Waals surface area (Å²) in [5.74, 6) is 1.13. The third-order valence-electron chi connectivity index (χ3n) is 5.69. The topological polar surface area (TPSA) is 80.3 Å². The van der Waals surface area contributed by atoms with Gasteiger partial charge in [0.15, 0.2) is 0 Å². The predicted octanol–water partition coefficient (Wildman–Crippen LogP) is 3.19. The summed E-state index contributed by atoms with van der Waals surface area (Å²) in [7, 11) is 1.64. The molecule has 1 aromatic carbocycles. The zero-order chi connectivity index (χ0) is 23.8. The van der Waals surface area contributed by atoms with Crippen molar-refractivity contribution in [1.82, 2.24) is 9.80 Å². The highest BCUT2D eigenvalue weighted by atomic mass is 32.1. The van der Waals surface area contributed by atoms with Crippen molar-refractivity contribution in [3.8, 4) is 11.5 Å². The fourth-order valence-corrected chi connectivity index (χ4v) is 4.73. The standard InChI is InChI=1S/C24H33N3O5S/c1-5-31-24(29)22-17(2)18(3)33-23(22)25-21(28)16-27-12-10-26(11-13-27)14-15-32-20-8-6-19(30-4)7-9-20/h6-9H,5,10-16H2,1-4H3,(H,25,28). The van der Waals surface area contributed by atoms with Crippen molar-refractivity contribution in [3.63, 3.8) is 0 Å². The summed E-state index contributed by atoms with van der Waals surface area (Å²) in [6.07, 6.45) is 0. The fraction of sp³-hybridized carbons (Fsp3) is 0.500. The van der Waals surface area contributed by atoms with Crippen LogP contribution in [0, 0.1) is 13.8 Å². The number of carbonyl (C=O) groups excluding carboxylic acids is 2. The molecule has 2 heterocycles. The first-order valence-electron chi connectivity index (χ1n) is 11.2. The van der Waals surface area contributed by atoms with Crippen LogP contribution in [0.5, 0.6) is 11.5 Å². The zero-order valence-electron chi connectivity index (χ0n) is 19.8. The third-order valence-corrected chi connectivity index (χ3v) is 6.81. The van der Waals surface area contributed by atoms with Crippen LogP contribution in [0.1, 0.15) is 27.7 Å². The molecular formula is C24H33N3O5S. The Labute approximate surface area is 199 Å². The number of thiophene rings is 1. The summed E-state index contributed by atoms with van der Waals surface area (Å²) in [5, 5.41) is 3.50. The van der Waals surface area contributed by atoms with Gasteiger partial charge in [-0.25, -0.2) is 4.79 Å². The van der Waals surface area contributed by atoms with Gasteiger partial charge in [0, 0.05) is 37.6 Å². The molecule has 0 aliphatic carbocycles. The molecule has 33 heavy (non-hydrogen) atoms. The van der Waals surface area contributed by atoms with E-state index in [1.54, 1.807) is 14.0 Å². The van der Waals surface area contributed by atoms with E-state index in [2.05, 4.69) is 15.1 Å². The molecule has 8 nitrogen and oxygen atoms in total. The monoisotopic (exact) mass is 475 g/mol. The number of ether oxygens (including phenoxy) is 3. The van der Waals surface area contributed by atoms with Gasteiger partial charge in [-0.05, 0) is 50.6 Å². The number of amides is 1. The van der Waals surface area contributed by atoms with Crippen molar-refractivity contribution in [3.05, 3.63) is 40.3 Å². The lowest BCUT2D eigenvalue weighted by Crippen LogP contribution is -2.49. The molecule has 2 aromatic rings. The number of hydrogen-bond donors (Lipinski definition) is 1. The minimum Gasteiger partial charge on any atom is -0.497 e. The SMILES string of the molecule is CCOC(=O)c1c(NC(=O)CN2CCN(CCOc3ccc(OC)cc3)CC2)sc(C)c1C. The number of piperazine rings is 1. The van der Waals surface area contributed by atoms with Gasteiger partial charge in [-0.2, -0.15) is 0 Å². The Morgan fingerprint density at radius 2 is 1.67 bits per heavy atom. The fourth-order valence-electron chi connectivity index (χ4n) is 3.67. The van der Waals surface area contributed by atoms with E-state index in [9.17, 15) is 9.59 Å². The molecule has 180 valence electrons. The van der Waals surface area contributed by atoms with Crippen LogP contribution in [0.4, 0.5) is 5.00 Å². The molecule has 1 aliphatic heterocycles. The number of rotatable bonds is 10. The number of hydrogen-bond acceptors (Lipinski definition) is 8. The summed E-state index contributed by atoms with van der Waals surface area (Å²) in [5.41, 5.74) is 1.33. The van der Waals surface area contributed by atoms with E-state index in [-0.39, 0.29) is 11.9 Å². The van der Waals surface area contributed by atoms with Gasteiger partial charge >= 0.3 is 5.97 Å². The van der Waals surface area contributed by atoms with Crippen LogP contribution >= 0.6 is 11.3 Å². The Kier molecular flexibility index (Phi) is 9.11. The van der Waals surface area contributed by atoms with Crippen molar-refractivity contribution in [2.75, 3.05) is 64.9 Å². The van der Waals surface area contributed by atoms with E-state index in [1.807, 2.05) is 38.1 Å². The van der Waals surface area contributed by atoms with E-state index in [4.69, 9.17) is 14.2 Å². The van der Waals surface area contributed by atoms with Crippen LogP contribution in [0.3, 0.4) is 0 Å². The first-order chi connectivity index (χ1) is 15.9. The summed E-state index contributed by atoms with van der Waals surface area (Å²) < 4.78 is 16.1. The molecule has 1 amide bonds. The van der Waals surface area contributed by atoms with Crippen LogP contribution in [0.15, 0.2) is 24.3 Å². The smallest absolute Gasteiger partial charge is 0.341 e. The van der Waals surface area contributed by atoms with Crippen molar-refractivity contribution >= 4 is 28.2 Å². The van der Waals surface area contributed by atoms with Crippen molar-refractivity contribution < 1.29 is 23.8 Å². The largest absolute Gasteiger partial charge is 0.497 e. The maximum absolute atomic E-state index is 12.6. The average molecular weight is 476 g/mol. The number of carbonyl (C=O) groups is 2. The first-order valence-corrected chi connectivity index (χ1v) is 12.0. The number of esters is 1. The van der Waals surface area contributed by atoms with Gasteiger partial charge in [0.05, 0.1) is 25.8 Å². The second kappa shape index (κ2) is 12.0. The van der Waals surface area contributed by atoms with Gasteiger partial charge in [-0.15, -0.1) is 11.3 Å². The van der Waals surface area contributed by atoms with Crippen molar-refractivity contribution in [2.24, 2.45) is 0 Å². The number of benzene rings is 1. The number of nitrogens with one attached hydrogen (secondary N) is 1. The molecule has 1 fully saturated rings. The molecule has 0 radical (unpaired) electrons. The number of nitrogens with zero attached hydrogens (tertiary/aromatic N) is 2. The molecule has 0 atom stereocenters. The molecule has 1 saturated heterocycles. The third kappa shape index (κ3) is 6.93. The van der Waals surface area contributed by atoms with Crippen LogP contribution in [0.25, 0.3) is 0 Å². The van der Waals surface area contributed by atoms with Gasteiger partial charge in [0.25, 0.3) is 0 Å². The summed E-state index contributed by atoms with van der Waals surface area (Å²) >= 11 is 1.41. The van der Waals surface area contributed by atoms with E-state index in [0.717, 1.165) is 54.7 Å². The minimum absolute atomic E-state index is 0.113. The zero-order valence-corrected chi connectivity index (χ0v) is 20.6. The average Bonchev–Trinajstić information content (AvgIpc) is 3.08. The molecule has 1 aliphatic rings. The van der Waals surface area contributed by atoms with E-state index >= 15 is 0 Å². The van der Waals surface area contributed by atoms with Gasteiger partial charge in [0.1, 0.15) is 23.1 Å². The molecule has 0 bridgehead atoms. The van der Waals surface area contributed by atoms with Crippen molar-refractivity contribution in [2.45, 2.75) is 20.8 Å². The lowest BCUT2D eigenvalue weighted by atomic mass is 10.1. The van der Waals surface area contributed by atoms with E-state index in [1.165, 1.54) is 11.3 Å². The Hall–Kier alpha value is -2.62. The maximum atomic E-state index is 12.6. The van der Waals surface area contributed by atoms with Crippen LogP contribution < -0.4 is 14.8 Å². The van der Waals surface area contributed by atoms with Gasteiger partial charge in [0.2, 0.25) is 5.91 Å². The summed E-state index contributed by atoms with van der Waals surface area (Å²) in [4.78, 5) is 30.4. The van der Waals surface area contributed by atoms with Gasteiger partial charge in [-0.1, -0.05) is 0 Å². The minimum atomic E-state index is -0.389. The van der Waals surface area contributed by atoms with Gasteiger partial charge < -0.3 is 19.5 Å². The quantitative estimate of drug-likeness (QED) is 0.529. The van der Waals surface area contributed by atoms with E-state index in [0.29, 0.717) is 30.3 Å². The molecule has 0 spiro atoms. The highest BCUT2D eigenvalue weighted by molar-refractivity contribution is 7.16. The summed E-state index contributed by atoms with van der Waals surface area (Å²) in [6.45, 7) is 11.0. The normalized spacial score (nSPS) is 14.7. The molecule has 1 aromatic heterocycles. The summed E-state index contributed by atoms with van der Waals surface area (Å²) in [6, 6.07) is 7.57. The highest BCUT2D eigenvalue weighted by Gasteiger charge is 2.24. The second-order valence-corrected chi connectivity index (χ2v) is 9.12. The molecule has 1 N–H and O–H groups in total. The van der Waals surface area contributed by atoms with Crippen LogP contribution in [0.2, 0.25) is 0 Å². The molecular weight excluding hydrogens is 442 g/mol. The lowest BCUT2D eigenvalue weighted by molar-refractivity contribution is -0.117. The molecule has 0 saturated carbocycles. The Bertz CT molecular complexity index is 936. The Balaban J connectivity index is 1.41. The first kappa shape index (κ1) is 25.0. The van der Waals surface area contributed by atoms with Crippen LogP contribution in [-0.2, 0) is 9.53 Å². The van der Waals surface area contributed by atoms with Crippen molar-refractivity contribution in [1.29, 1.82) is 0 Å². The number of methoxy groups -OCH3 is 1. The number of aryl methyl sites for hydroxylation is 1. The molecule has 0 unspecified atom stereocenters. The molecule has 3 rings (SSSR count). The van der Waals surface area contributed by atoms with Crippen LogP contribution in [-0.4, -0.2) is 81.3 Å². The lowest BCUT2D eigenvalue weighted by Gasteiger charge is -2.34. The Morgan fingerprint density at radius 3 is 2.30 bits per heavy atom. The predicted molar refractivity (Wildman–Crippen MR) is 130 cm³/mol. The Morgan fingerprint density at radius 1 is 1.03 bits per heavy atom. The maximum Gasteiger partial charge on any atom is 0.341 e. The second-order valence-electron chi connectivity index (χ2n) is 7.90.